The van der Waals surface area contributed by atoms with Gasteiger partial charge in [-0.25, -0.2) is 0 Å². The van der Waals surface area contributed by atoms with E-state index in [4.69, 9.17) is 15.2 Å². The maximum absolute atomic E-state index is 5.75. The molecule has 2 aromatic rings. The number of nitrogens with two attached hydrogens (primary N) is 1. The number of rotatable bonds is 3. The van der Waals surface area contributed by atoms with Gasteiger partial charge in [0, 0.05) is 6.54 Å². The summed E-state index contributed by atoms with van der Waals surface area (Å²) in [5.74, 6) is 1.96. The van der Waals surface area contributed by atoms with Crippen molar-refractivity contribution in [1.29, 1.82) is 0 Å². The van der Waals surface area contributed by atoms with E-state index in [2.05, 4.69) is 20.6 Å². The summed E-state index contributed by atoms with van der Waals surface area (Å²) in [4.78, 5) is 0. The summed E-state index contributed by atoms with van der Waals surface area (Å²) in [6.45, 7) is 0.660. The number of hydrogen-bond acceptors (Lipinski definition) is 6. The lowest BCUT2D eigenvalue weighted by Gasteiger charge is -2.11. The zero-order valence-corrected chi connectivity index (χ0v) is 8.96. The Hall–Kier alpha value is -2.15. The van der Waals surface area contributed by atoms with E-state index in [1.165, 1.54) is 0 Å². The third-order valence-electron chi connectivity index (χ3n) is 2.71. The number of nitrogens with zero attached hydrogens (tertiary/aromatic N) is 3. The SMILES string of the molecule is NCC(c1ccc2c(c1)OCO2)c1nn[nH]n1. The van der Waals surface area contributed by atoms with Crippen LogP contribution >= 0.6 is 0 Å². The highest BCUT2D eigenvalue weighted by Gasteiger charge is 2.20. The number of aromatic amines is 1. The first-order valence-corrected chi connectivity index (χ1v) is 5.21. The van der Waals surface area contributed by atoms with Crippen LogP contribution in [0.25, 0.3) is 0 Å². The Morgan fingerprint density at radius 1 is 1.35 bits per heavy atom. The van der Waals surface area contributed by atoms with Gasteiger partial charge in [-0.1, -0.05) is 11.3 Å². The molecule has 7 nitrogen and oxygen atoms in total. The number of aromatic nitrogens is 4. The summed E-state index contributed by atoms with van der Waals surface area (Å²) < 4.78 is 10.6. The molecule has 1 aliphatic heterocycles. The summed E-state index contributed by atoms with van der Waals surface area (Å²) in [6.07, 6.45) is 0. The third kappa shape index (κ3) is 1.70. The quantitative estimate of drug-likeness (QED) is 0.775. The van der Waals surface area contributed by atoms with Gasteiger partial charge in [0.05, 0.1) is 5.92 Å². The van der Waals surface area contributed by atoms with Gasteiger partial charge in [0.2, 0.25) is 6.79 Å². The fraction of sp³-hybridized carbons (Fsp3) is 0.300. The number of ether oxygens (including phenoxy) is 2. The van der Waals surface area contributed by atoms with E-state index in [9.17, 15) is 0 Å². The molecule has 0 spiro atoms. The van der Waals surface area contributed by atoms with Crippen LogP contribution in [0.4, 0.5) is 0 Å². The number of nitrogens with one attached hydrogen (secondary N) is 1. The molecule has 0 saturated carbocycles. The highest BCUT2D eigenvalue weighted by molar-refractivity contribution is 5.46. The van der Waals surface area contributed by atoms with Gasteiger partial charge in [0.15, 0.2) is 17.3 Å². The Kier molecular flexibility index (Phi) is 2.37. The molecule has 0 amide bonds. The highest BCUT2D eigenvalue weighted by atomic mass is 16.7. The van der Waals surface area contributed by atoms with Gasteiger partial charge in [-0.05, 0) is 17.7 Å². The predicted octanol–water partition coefficient (Wildman–Crippen LogP) is 0.0190. The minimum absolute atomic E-state index is 0.0942. The number of fused-ring (bicyclic) bond motifs is 1. The van der Waals surface area contributed by atoms with Crippen molar-refractivity contribution >= 4 is 0 Å². The molecule has 1 unspecified atom stereocenters. The molecule has 1 aromatic carbocycles. The maximum atomic E-state index is 5.75. The normalized spacial score (nSPS) is 14.9. The summed E-state index contributed by atoms with van der Waals surface area (Å²) in [5.41, 5.74) is 6.73. The Morgan fingerprint density at radius 2 is 2.24 bits per heavy atom. The van der Waals surface area contributed by atoms with Gasteiger partial charge in [0.1, 0.15) is 0 Å². The second kappa shape index (κ2) is 4.02. The van der Waals surface area contributed by atoms with Crippen LogP contribution in [0.1, 0.15) is 17.3 Å². The van der Waals surface area contributed by atoms with Crippen LogP contribution in [0.3, 0.4) is 0 Å². The van der Waals surface area contributed by atoms with Crippen LogP contribution in [0, 0.1) is 0 Å². The lowest BCUT2D eigenvalue weighted by molar-refractivity contribution is 0.174. The van der Waals surface area contributed by atoms with Crippen molar-refractivity contribution in [1.82, 2.24) is 20.6 Å². The average Bonchev–Trinajstić information content (AvgIpc) is 2.99. The summed E-state index contributed by atoms with van der Waals surface area (Å²) in [5, 5.41) is 13.9. The number of H-pyrrole nitrogens is 1. The molecular weight excluding hydrogens is 222 g/mol. The lowest BCUT2D eigenvalue weighted by atomic mass is 9.98. The predicted molar refractivity (Wildman–Crippen MR) is 57.6 cm³/mol. The third-order valence-corrected chi connectivity index (χ3v) is 2.71. The molecule has 3 rings (SSSR count). The van der Waals surface area contributed by atoms with Crippen molar-refractivity contribution in [3.8, 4) is 11.5 Å². The Morgan fingerprint density at radius 3 is 3.00 bits per heavy atom. The van der Waals surface area contributed by atoms with Crippen molar-refractivity contribution < 1.29 is 9.47 Å². The summed E-state index contributed by atoms with van der Waals surface area (Å²) in [6, 6.07) is 5.69. The second-order valence-corrected chi connectivity index (χ2v) is 3.67. The van der Waals surface area contributed by atoms with Crippen LogP contribution in [0.2, 0.25) is 0 Å². The van der Waals surface area contributed by atoms with E-state index in [0.29, 0.717) is 12.4 Å². The highest BCUT2D eigenvalue weighted by Crippen LogP contribution is 2.35. The van der Waals surface area contributed by atoms with Gasteiger partial charge in [-0.2, -0.15) is 5.21 Å². The van der Waals surface area contributed by atoms with Crippen LogP contribution in [-0.4, -0.2) is 34.0 Å². The molecule has 0 saturated heterocycles. The number of hydrogen-bond donors (Lipinski definition) is 2. The molecule has 1 atom stereocenters. The maximum Gasteiger partial charge on any atom is 0.231 e. The summed E-state index contributed by atoms with van der Waals surface area (Å²) in [7, 11) is 0. The molecule has 0 aliphatic carbocycles. The molecular formula is C10H11N5O2. The Bertz CT molecular complexity index is 513. The smallest absolute Gasteiger partial charge is 0.231 e. The topological polar surface area (TPSA) is 98.9 Å². The molecule has 2 heterocycles. The average molecular weight is 233 g/mol. The van der Waals surface area contributed by atoms with Crippen LogP contribution < -0.4 is 15.2 Å². The largest absolute Gasteiger partial charge is 0.454 e. The summed E-state index contributed by atoms with van der Waals surface area (Å²) >= 11 is 0. The lowest BCUT2D eigenvalue weighted by Crippen LogP contribution is -2.15. The van der Waals surface area contributed by atoms with Crippen LogP contribution in [-0.2, 0) is 0 Å². The molecule has 7 heteroatoms. The molecule has 1 aliphatic rings. The molecule has 17 heavy (non-hydrogen) atoms. The minimum atomic E-state index is -0.0942. The van der Waals surface area contributed by atoms with Crippen molar-refractivity contribution in [3.63, 3.8) is 0 Å². The molecule has 0 bridgehead atoms. The van der Waals surface area contributed by atoms with Crippen molar-refractivity contribution in [2.45, 2.75) is 5.92 Å². The fourth-order valence-electron chi connectivity index (χ4n) is 1.84. The van der Waals surface area contributed by atoms with Gasteiger partial charge >= 0.3 is 0 Å². The monoisotopic (exact) mass is 233 g/mol. The minimum Gasteiger partial charge on any atom is -0.454 e. The fourth-order valence-corrected chi connectivity index (χ4v) is 1.84. The van der Waals surface area contributed by atoms with Gasteiger partial charge in [0.25, 0.3) is 0 Å². The van der Waals surface area contributed by atoms with E-state index in [1.807, 2.05) is 18.2 Å². The zero-order chi connectivity index (χ0) is 11.7. The van der Waals surface area contributed by atoms with E-state index in [0.717, 1.165) is 17.1 Å². The first-order chi connectivity index (χ1) is 8.38. The van der Waals surface area contributed by atoms with Crippen molar-refractivity contribution in [2.75, 3.05) is 13.3 Å². The second-order valence-electron chi connectivity index (χ2n) is 3.67. The molecule has 0 radical (unpaired) electrons. The van der Waals surface area contributed by atoms with E-state index < -0.39 is 0 Å². The Labute approximate surface area is 96.9 Å². The zero-order valence-electron chi connectivity index (χ0n) is 8.96. The first kappa shape index (κ1) is 10.0. The van der Waals surface area contributed by atoms with E-state index >= 15 is 0 Å². The van der Waals surface area contributed by atoms with Crippen molar-refractivity contribution in [3.05, 3.63) is 29.6 Å². The van der Waals surface area contributed by atoms with Crippen LogP contribution in [0.5, 0.6) is 11.5 Å². The van der Waals surface area contributed by atoms with Crippen LogP contribution in [0.15, 0.2) is 18.2 Å². The van der Waals surface area contributed by atoms with E-state index in [1.54, 1.807) is 0 Å². The number of tetrazole rings is 1. The molecule has 0 fully saturated rings. The number of benzene rings is 1. The standard InChI is InChI=1S/C10H11N5O2/c11-4-7(10-12-14-15-13-10)6-1-2-8-9(3-6)17-5-16-8/h1-3,7H,4-5,11H2,(H,12,13,14,15). The first-order valence-electron chi connectivity index (χ1n) is 5.21. The molecule has 1 aromatic heterocycles. The van der Waals surface area contributed by atoms with Gasteiger partial charge < -0.3 is 15.2 Å². The van der Waals surface area contributed by atoms with Gasteiger partial charge in [-0.15, -0.1) is 10.2 Å². The Balaban J connectivity index is 1.97. The van der Waals surface area contributed by atoms with Gasteiger partial charge in [-0.3, -0.25) is 0 Å². The molecule has 3 N–H and O–H groups in total. The molecule has 88 valence electrons. The van der Waals surface area contributed by atoms with E-state index in [-0.39, 0.29) is 12.7 Å². The van der Waals surface area contributed by atoms with Crippen molar-refractivity contribution in [2.24, 2.45) is 5.73 Å².